The van der Waals surface area contributed by atoms with Crippen LogP contribution < -0.4 is 0 Å². The largest absolute Gasteiger partial charge is 0.386 e. The van der Waals surface area contributed by atoms with Gasteiger partial charge in [0.15, 0.2) is 0 Å². The normalized spacial score (nSPS) is 23.8. The lowest BCUT2D eigenvalue weighted by atomic mass is 9.85. The Kier molecular flexibility index (Phi) is 3.42. The molecule has 2 unspecified atom stereocenters. The van der Waals surface area contributed by atoms with Crippen LogP contribution in [0.4, 0.5) is 0 Å². The maximum Gasteiger partial charge on any atom is 0.109 e. The van der Waals surface area contributed by atoms with Gasteiger partial charge in [0.2, 0.25) is 0 Å². The monoisotopic (exact) mass is 218 g/mol. The number of aliphatic hydroxyl groups is 2. The fourth-order valence-corrected chi connectivity index (χ4v) is 2.17. The SMILES string of the molecule is CCCCC1=Cc2ccccc2C(O)C1O. The lowest BCUT2D eigenvalue weighted by Gasteiger charge is -2.27. The molecule has 0 radical (unpaired) electrons. The summed E-state index contributed by atoms with van der Waals surface area (Å²) in [7, 11) is 0. The molecule has 0 amide bonds. The van der Waals surface area contributed by atoms with Crippen LogP contribution in [0.5, 0.6) is 0 Å². The first-order valence-electron chi connectivity index (χ1n) is 5.89. The van der Waals surface area contributed by atoms with Gasteiger partial charge in [-0.3, -0.25) is 0 Å². The Morgan fingerprint density at radius 3 is 2.62 bits per heavy atom. The highest BCUT2D eigenvalue weighted by atomic mass is 16.3. The fourth-order valence-electron chi connectivity index (χ4n) is 2.17. The van der Waals surface area contributed by atoms with E-state index in [2.05, 4.69) is 6.92 Å². The molecule has 16 heavy (non-hydrogen) atoms. The summed E-state index contributed by atoms with van der Waals surface area (Å²) in [6.45, 7) is 2.13. The summed E-state index contributed by atoms with van der Waals surface area (Å²) < 4.78 is 0. The summed E-state index contributed by atoms with van der Waals surface area (Å²) in [6, 6.07) is 7.70. The van der Waals surface area contributed by atoms with Crippen LogP contribution in [-0.2, 0) is 0 Å². The van der Waals surface area contributed by atoms with E-state index in [-0.39, 0.29) is 0 Å². The van der Waals surface area contributed by atoms with Gasteiger partial charge in [0.25, 0.3) is 0 Å². The van der Waals surface area contributed by atoms with Crippen LogP contribution in [0, 0.1) is 0 Å². The summed E-state index contributed by atoms with van der Waals surface area (Å²) in [5.74, 6) is 0. The number of benzene rings is 1. The second-order valence-electron chi connectivity index (χ2n) is 4.34. The Bertz CT molecular complexity index is 395. The first-order valence-corrected chi connectivity index (χ1v) is 5.89. The quantitative estimate of drug-likeness (QED) is 0.818. The highest BCUT2D eigenvalue weighted by Crippen LogP contribution is 2.33. The average molecular weight is 218 g/mol. The third kappa shape index (κ3) is 2.04. The van der Waals surface area contributed by atoms with Crippen LogP contribution >= 0.6 is 0 Å². The molecule has 2 nitrogen and oxygen atoms in total. The van der Waals surface area contributed by atoms with Crippen molar-refractivity contribution in [3.8, 4) is 0 Å². The molecule has 0 heterocycles. The minimum atomic E-state index is -0.770. The van der Waals surface area contributed by atoms with Crippen molar-refractivity contribution in [1.29, 1.82) is 0 Å². The van der Waals surface area contributed by atoms with Crippen molar-refractivity contribution >= 4 is 6.08 Å². The van der Waals surface area contributed by atoms with Crippen molar-refractivity contribution in [2.24, 2.45) is 0 Å². The van der Waals surface area contributed by atoms with Gasteiger partial charge < -0.3 is 10.2 Å². The Hall–Kier alpha value is -1.12. The van der Waals surface area contributed by atoms with E-state index in [4.69, 9.17) is 0 Å². The molecule has 2 rings (SSSR count). The van der Waals surface area contributed by atoms with Gasteiger partial charge >= 0.3 is 0 Å². The molecule has 1 aliphatic carbocycles. The van der Waals surface area contributed by atoms with Crippen molar-refractivity contribution in [2.75, 3.05) is 0 Å². The van der Waals surface area contributed by atoms with Crippen molar-refractivity contribution in [3.05, 3.63) is 41.0 Å². The van der Waals surface area contributed by atoms with Crippen LogP contribution in [0.15, 0.2) is 29.8 Å². The molecular formula is C14H18O2. The van der Waals surface area contributed by atoms with Gasteiger partial charge in [0.1, 0.15) is 12.2 Å². The average Bonchev–Trinajstić information content (AvgIpc) is 2.32. The summed E-state index contributed by atoms with van der Waals surface area (Å²) in [6.07, 6.45) is 3.53. The maximum absolute atomic E-state index is 10.0. The molecule has 86 valence electrons. The zero-order valence-corrected chi connectivity index (χ0v) is 9.56. The summed E-state index contributed by atoms with van der Waals surface area (Å²) in [4.78, 5) is 0. The van der Waals surface area contributed by atoms with Crippen molar-refractivity contribution in [1.82, 2.24) is 0 Å². The van der Waals surface area contributed by atoms with E-state index in [0.717, 1.165) is 36.0 Å². The van der Waals surface area contributed by atoms with Gasteiger partial charge in [0.05, 0.1) is 0 Å². The van der Waals surface area contributed by atoms with Crippen LogP contribution in [0.3, 0.4) is 0 Å². The molecule has 1 aliphatic rings. The number of hydrogen-bond acceptors (Lipinski definition) is 2. The predicted molar refractivity (Wildman–Crippen MR) is 64.9 cm³/mol. The van der Waals surface area contributed by atoms with E-state index in [1.165, 1.54) is 0 Å². The second-order valence-corrected chi connectivity index (χ2v) is 4.34. The zero-order chi connectivity index (χ0) is 11.5. The first kappa shape index (κ1) is 11.4. The number of hydrogen-bond donors (Lipinski definition) is 2. The first-order chi connectivity index (χ1) is 7.74. The van der Waals surface area contributed by atoms with Gasteiger partial charge in [-0.05, 0) is 29.5 Å². The lowest BCUT2D eigenvalue weighted by molar-refractivity contribution is 0.0377. The predicted octanol–water partition coefficient (Wildman–Crippen LogP) is 2.67. The molecule has 0 aromatic heterocycles. The Morgan fingerprint density at radius 1 is 1.12 bits per heavy atom. The summed E-state index contributed by atoms with van der Waals surface area (Å²) in [5, 5.41) is 20.0. The third-order valence-corrected chi connectivity index (χ3v) is 3.15. The number of rotatable bonds is 3. The molecule has 2 N–H and O–H groups in total. The molecule has 0 saturated heterocycles. The number of aliphatic hydroxyl groups excluding tert-OH is 2. The van der Waals surface area contributed by atoms with E-state index < -0.39 is 12.2 Å². The fraction of sp³-hybridized carbons (Fsp3) is 0.429. The van der Waals surface area contributed by atoms with Crippen LogP contribution in [0.25, 0.3) is 6.08 Å². The topological polar surface area (TPSA) is 40.5 Å². The van der Waals surface area contributed by atoms with Gasteiger partial charge in [-0.15, -0.1) is 0 Å². The second kappa shape index (κ2) is 4.81. The minimum absolute atomic E-state index is 0.735. The highest BCUT2D eigenvalue weighted by molar-refractivity contribution is 5.61. The molecule has 0 fully saturated rings. The molecule has 0 spiro atoms. The Balaban J connectivity index is 2.31. The zero-order valence-electron chi connectivity index (χ0n) is 9.56. The van der Waals surface area contributed by atoms with Crippen LogP contribution in [-0.4, -0.2) is 16.3 Å². The Morgan fingerprint density at radius 2 is 1.88 bits per heavy atom. The molecular weight excluding hydrogens is 200 g/mol. The van der Waals surface area contributed by atoms with E-state index >= 15 is 0 Å². The molecule has 1 aromatic rings. The third-order valence-electron chi connectivity index (χ3n) is 3.15. The smallest absolute Gasteiger partial charge is 0.109 e. The van der Waals surface area contributed by atoms with Crippen molar-refractivity contribution < 1.29 is 10.2 Å². The Labute approximate surface area is 96.2 Å². The highest BCUT2D eigenvalue weighted by Gasteiger charge is 2.27. The van der Waals surface area contributed by atoms with Gasteiger partial charge in [0, 0.05) is 0 Å². The molecule has 1 aromatic carbocycles. The van der Waals surface area contributed by atoms with Crippen LogP contribution in [0.1, 0.15) is 43.4 Å². The van der Waals surface area contributed by atoms with E-state index in [9.17, 15) is 10.2 Å². The maximum atomic E-state index is 10.0. The number of unbranched alkanes of at least 4 members (excludes halogenated alkanes) is 1. The van der Waals surface area contributed by atoms with Gasteiger partial charge in [-0.25, -0.2) is 0 Å². The lowest BCUT2D eigenvalue weighted by Crippen LogP contribution is -2.24. The van der Waals surface area contributed by atoms with Crippen molar-refractivity contribution in [3.63, 3.8) is 0 Å². The summed E-state index contributed by atoms with van der Waals surface area (Å²) in [5.41, 5.74) is 2.81. The minimum Gasteiger partial charge on any atom is -0.386 e. The van der Waals surface area contributed by atoms with Gasteiger partial charge in [-0.1, -0.05) is 43.7 Å². The molecule has 2 atom stereocenters. The molecule has 0 bridgehead atoms. The van der Waals surface area contributed by atoms with E-state index in [0.29, 0.717) is 0 Å². The van der Waals surface area contributed by atoms with E-state index in [1.54, 1.807) is 0 Å². The summed E-state index contributed by atoms with van der Waals surface area (Å²) >= 11 is 0. The van der Waals surface area contributed by atoms with Gasteiger partial charge in [-0.2, -0.15) is 0 Å². The van der Waals surface area contributed by atoms with Crippen LogP contribution in [0.2, 0.25) is 0 Å². The molecule has 2 heteroatoms. The standard InChI is InChI=1S/C14H18O2/c1-2-3-6-11-9-10-7-4-5-8-12(10)14(16)13(11)15/h4-5,7-9,13-16H,2-3,6H2,1H3. The van der Waals surface area contributed by atoms with E-state index in [1.807, 2.05) is 30.3 Å². The van der Waals surface area contributed by atoms with Crippen molar-refractivity contribution in [2.45, 2.75) is 38.4 Å². The molecule has 0 saturated carbocycles. The molecule has 0 aliphatic heterocycles. The number of fused-ring (bicyclic) bond motifs is 1.